The summed E-state index contributed by atoms with van der Waals surface area (Å²) in [5.74, 6) is 0.0658. The molecule has 6 nitrogen and oxygen atoms in total. The van der Waals surface area contributed by atoms with Crippen LogP contribution in [0.3, 0.4) is 0 Å². The van der Waals surface area contributed by atoms with Crippen molar-refractivity contribution in [3.05, 3.63) is 51.9 Å². The van der Waals surface area contributed by atoms with Crippen LogP contribution in [0, 0.1) is 0 Å². The first kappa shape index (κ1) is 21.2. The van der Waals surface area contributed by atoms with E-state index in [1.165, 1.54) is 18.4 Å². The predicted octanol–water partition coefficient (Wildman–Crippen LogP) is 4.52. The number of nitrogens with one attached hydrogen (secondary N) is 2. The summed E-state index contributed by atoms with van der Waals surface area (Å²) >= 11 is 12.3. The number of halogens is 2. The topological polar surface area (TPSA) is 88.4 Å². The highest BCUT2D eigenvalue weighted by Gasteiger charge is 2.24. The van der Waals surface area contributed by atoms with Crippen LogP contribution in [0.1, 0.15) is 54.6 Å². The first-order chi connectivity index (χ1) is 13.4. The molecule has 0 spiro atoms. The Hall–Kier alpha value is -1.54. The number of furan rings is 1. The average Bonchev–Trinajstić information content (AvgIpc) is 3.04. The Morgan fingerprint density at radius 2 is 1.82 bits per heavy atom. The van der Waals surface area contributed by atoms with Crippen molar-refractivity contribution in [2.75, 3.05) is 0 Å². The Morgan fingerprint density at radius 3 is 2.46 bits per heavy atom. The molecule has 9 heteroatoms. The lowest BCUT2D eigenvalue weighted by Gasteiger charge is -2.17. The lowest BCUT2D eigenvalue weighted by molar-refractivity contribution is 0.0933. The molecular weight excluding hydrogens is 423 g/mol. The van der Waals surface area contributed by atoms with Gasteiger partial charge < -0.3 is 9.73 Å². The number of carbonyl (C=O) groups is 1. The second-order valence-electron chi connectivity index (χ2n) is 6.83. The second kappa shape index (κ2) is 9.31. The van der Waals surface area contributed by atoms with E-state index in [0.717, 1.165) is 38.5 Å². The Bertz CT molecular complexity index is 922. The zero-order valence-electron chi connectivity index (χ0n) is 15.2. The molecule has 28 heavy (non-hydrogen) atoms. The highest BCUT2D eigenvalue weighted by Crippen LogP contribution is 2.29. The predicted molar refractivity (Wildman–Crippen MR) is 108 cm³/mol. The molecule has 1 saturated carbocycles. The molecule has 3 rings (SSSR count). The maximum Gasteiger partial charge on any atom is 0.253 e. The summed E-state index contributed by atoms with van der Waals surface area (Å²) in [7, 11) is -3.96. The Kier molecular flexibility index (Phi) is 7.04. The van der Waals surface area contributed by atoms with E-state index < -0.39 is 15.9 Å². The van der Waals surface area contributed by atoms with Crippen molar-refractivity contribution >= 4 is 39.1 Å². The minimum absolute atomic E-state index is 0.0299. The van der Waals surface area contributed by atoms with E-state index in [4.69, 9.17) is 27.6 Å². The molecule has 1 amide bonds. The first-order valence-electron chi connectivity index (χ1n) is 9.19. The van der Waals surface area contributed by atoms with E-state index in [1.54, 1.807) is 12.1 Å². The van der Waals surface area contributed by atoms with E-state index in [-0.39, 0.29) is 33.1 Å². The van der Waals surface area contributed by atoms with Gasteiger partial charge in [0.2, 0.25) is 10.0 Å². The van der Waals surface area contributed by atoms with Gasteiger partial charge in [0.05, 0.1) is 28.4 Å². The van der Waals surface area contributed by atoms with Crippen LogP contribution in [0.25, 0.3) is 0 Å². The highest BCUT2D eigenvalue weighted by molar-refractivity contribution is 7.89. The summed E-state index contributed by atoms with van der Waals surface area (Å²) in [6, 6.07) is 5.89. The van der Waals surface area contributed by atoms with E-state index in [9.17, 15) is 13.2 Å². The van der Waals surface area contributed by atoms with Crippen molar-refractivity contribution in [3.63, 3.8) is 0 Å². The average molecular weight is 445 g/mol. The highest BCUT2D eigenvalue weighted by atomic mass is 35.5. The van der Waals surface area contributed by atoms with Crippen LogP contribution < -0.4 is 10.0 Å². The van der Waals surface area contributed by atoms with Crippen molar-refractivity contribution in [2.24, 2.45) is 0 Å². The molecular formula is C19H22Cl2N2O4S. The van der Waals surface area contributed by atoms with Crippen molar-refractivity contribution in [1.82, 2.24) is 10.0 Å². The third-order valence-electron chi connectivity index (χ3n) is 4.76. The molecule has 1 aromatic carbocycles. The number of amides is 1. The monoisotopic (exact) mass is 444 g/mol. The molecule has 0 bridgehead atoms. The number of carbonyl (C=O) groups excluding carboxylic acids is 1. The molecule has 1 fully saturated rings. The molecule has 0 saturated heterocycles. The SMILES string of the molecule is O=C(NC1CCCCCC1)c1cc(S(=O)(=O)NCc2ccco2)c(Cl)cc1Cl. The van der Waals surface area contributed by atoms with Gasteiger partial charge >= 0.3 is 0 Å². The summed E-state index contributed by atoms with van der Waals surface area (Å²) in [5.41, 5.74) is 0.0914. The van der Waals surface area contributed by atoms with E-state index >= 15 is 0 Å². The molecule has 0 radical (unpaired) electrons. The lowest BCUT2D eigenvalue weighted by Crippen LogP contribution is -2.34. The van der Waals surface area contributed by atoms with Crippen LogP contribution in [-0.2, 0) is 16.6 Å². The molecule has 1 heterocycles. The minimum Gasteiger partial charge on any atom is -0.468 e. The van der Waals surface area contributed by atoms with Gasteiger partial charge in [0.1, 0.15) is 10.7 Å². The minimum atomic E-state index is -3.96. The summed E-state index contributed by atoms with van der Waals surface area (Å²) in [6.45, 7) is -0.0299. The van der Waals surface area contributed by atoms with Gasteiger partial charge in [-0.1, -0.05) is 48.9 Å². The normalized spacial score (nSPS) is 15.9. The largest absolute Gasteiger partial charge is 0.468 e. The van der Waals surface area contributed by atoms with Crippen LogP contribution in [0.2, 0.25) is 10.0 Å². The number of sulfonamides is 1. The molecule has 2 N–H and O–H groups in total. The standard InChI is InChI=1S/C19H22Cl2N2O4S/c20-16-11-17(21)18(28(25,26)22-12-14-8-5-9-27-14)10-15(16)19(24)23-13-6-3-1-2-4-7-13/h5,8-11,13,22H,1-4,6-7,12H2,(H,23,24). The second-order valence-corrected chi connectivity index (χ2v) is 9.38. The fourth-order valence-electron chi connectivity index (χ4n) is 3.25. The molecule has 1 aliphatic rings. The Balaban J connectivity index is 1.79. The molecule has 0 aliphatic heterocycles. The summed E-state index contributed by atoms with van der Waals surface area (Å²) in [4.78, 5) is 12.5. The fraction of sp³-hybridized carbons (Fsp3) is 0.421. The van der Waals surface area contributed by atoms with Gasteiger partial charge in [0, 0.05) is 6.04 Å². The third-order valence-corrected chi connectivity index (χ3v) is 6.94. The zero-order chi connectivity index (χ0) is 20.1. The van der Waals surface area contributed by atoms with Crippen LogP contribution in [0.4, 0.5) is 0 Å². The first-order valence-corrected chi connectivity index (χ1v) is 11.4. The van der Waals surface area contributed by atoms with Crippen LogP contribution >= 0.6 is 23.2 Å². The third kappa shape index (κ3) is 5.29. The molecule has 0 unspecified atom stereocenters. The zero-order valence-corrected chi connectivity index (χ0v) is 17.5. The number of hydrogen-bond acceptors (Lipinski definition) is 4. The molecule has 1 aromatic heterocycles. The van der Waals surface area contributed by atoms with E-state index in [1.807, 2.05) is 0 Å². The van der Waals surface area contributed by atoms with Crippen LogP contribution in [-0.4, -0.2) is 20.4 Å². The maximum absolute atomic E-state index is 12.7. The van der Waals surface area contributed by atoms with Crippen molar-refractivity contribution in [2.45, 2.75) is 56.0 Å². The van der Waals surface area contributed by atoms with Crippen molar-refractivity contribution in [1.29, 1.82) is 0 Å². The van der Waals surface area contributed by atoms with E-state index in [0.29, 0.717) is 5.76 Å². The van der Waals surface area contributed by atoms with Crippen LogP contribution in [0.5, 0.6) is 0 Å². The van der Waals surface area contributed by atoms with Crippen molar-refractivity contribution in [3.8, 4) is 0 Å². The van der Waals surface area contributed by atoms with Gasteiger partial charge in [0.15, 0.2) is 0 Å². The molecule has 2 aromatic rings. The fourth-order valence-corrected chi connectivity index (χ4v) is 5.10. The lowest BCUT2D eigenvalue weighted by atomic mass is 10.1. The Morgan fingerprint density at radius 1 is 1.11 bits per heavy atom. The van der Waals surface area contributed by atoms with Gasteiger partial charge in [-0.2, -0.15) is 0 Å². The number of rotatable bonds is 6. The van der Waals surface area contributed by atoms with Crippen LogP contribution in [0.15, 0.2) is 39.8 Å². The van der Waals surface area contributed by atoms with Gasteiger partial charge in [-0.15, -0.1) is 0 Å². The molecule has 1 aliphatic carbocycles. The quantitative estimate of drug-likeness (QED) is 0.640. The van der Waals surface area contributed by atoms with E-state index in [2.05, 4.69) is 10.0 Å². The maximum atomic E-state index is 12.7. The number of hydrogen-bond donors (Lipinski definition) is 2. The summed E-state index contributed by atoms with van der Waals surface area (Å²) < 4.78 is 32.9. The van der Waals surface area contributed by atoms with Gasteiger partial charge in [-0.05, 0) is 37.1 Å². The molecule has 0 atom stereocenters. The molecule has 152 valence electrons. The smallest absolute Gasteiger partial charge is 0.253 e. The summed E-state index contributed by atoms with van der Waals surface area (Å²) in [5, 5.41) is 3.03. The van der Waals surface area contributed by atoms with Gasteiger partial charge in [0.25, 0.3) is 5.91 Å². The van der Waals surface area contributed by atoms with Gasteiger partial charge in [-0.3, -0.25) is 4.79 Å². The number of benzene rings is 1. The Labute approximate surface area is 174 Å². The van der Waals surface area contributed by atoms with Crippen molar-refractivity contribution < 1.29 is 17.6 Å². The van der Waals surface area contributed by atoms with Gasteiger partial charge in [-0.25, -0.2) is 13.1 Å². The summed E-state index contributed by atoms with van der Waals surface area (Å²) in [6.07, 6.45) is 7.73.